The molecule has 1 saturated heterocycles. The number of carbonyl (C=O) groups excluding carboxylic acids is 1. The van der Waals surface area contributed by atoms with Crippen molar-refractivity contribution in [3.63, 3.8) is 0 Å². The van der Waals surface area contributed by atoms with E-state index in [4.69, 9.17) is 4.74 Å². The average molecular weight is 462 g/mol. The van der Waals surface area contributed by atoms with Crippen LogP contribution >= 0.6 is 11.8 Å². The van der Waals surface area contributed by atoms with Crippen molar-refractivity contribution < 1.29 is 22.7 Å². The molecule has 2 aromatic carbocycles. The molecule has 0 atom stereocenters. The molecule has 0 bridgehead atoms. The van der Waals surface area contributed by atoms with Gasteiger partial charge in [0.15, 0.2) is 0 Å². The zero-order valence-electron chi connectivity index (χ0n) is 17.1. The molecule has 1 aromatic heterocycles. The largest absolute Gasteiger partial charge is 0.416 e. The van der Waals surface area contributed by atoms with E-state index in [1.807, 2.05) is 24.3 Å². The van der Waals surface area contributed by atoms with Crippen molar-refractivity contribution in [2.45, 2.75) is 17.7 Å². The molecule has 1 aliphatic rings. The van der Waals surface area contributed by atoms with Crippen molar-refractivity contribution in [2.75, 3.05) is 37.4 Å². The van der Waals surface area contributed by atoms with Crippen LogP contribution in [0, 0.1) is 0 Å². The number of halogens is 3. The molecule has 4 rings (SSSR count). The molecule has 10 heteroatoms. The first-order valence-corrected chi connectivity index (χ1v) is 11.0. The van der Waals surface area contributed by atoms with Gasteiger partial charge in [0.1, 0.15) is 10.9 Å². The van der Waals surface area contributed by atoms with Gasteiger partial charge in [-0.2, -0.15) is 13.2 Å². The standard InChI is InChI=1S/C22H21F3N4O2S/c23-22(24,25)15-5-7-16(8-6-15)26-20(30)14-32-21-17-3-1-2-4-18(17)27-19(28-21)13-29-9-11-31-12-10-29/h1-8H,9-14H2,(H,26,30). The molecule has 1 aliphatic heterocycles. The van der Waals surface area contributed by atoms with E-state index in [0.717, 1.165) is 36.1 Å². The van der Waals surface area contributed by atoms with Gasteiger partial charge in [-0.25, -0.2) is 9.97 Å². The molecule has 168 valence electrons. The van der Waals surface area contributed by atoms with E-state index in [2.05, 4.69) is 20.2 Å². The molecule has 3 aromatic rings. The summed E-state index contributed by atoms with van der Waals surface area (Å²) in [6.45, 7) is 3.58. The maximum Gasteiger partial charge on any atom is 0.416 e. The lowest BCUT2D eigenvalue weighted by molar-refractivity contribution is -0.137. The van der Waals surface area contributed by atoms with Gasteiger partial charge in [0.25, 0.3) is 0 Å². The van der Waals surface area contributed by atoms with Crippen LogP contribution in [0.5, 0.6) is 0 Å². The average Bonchev–Trinajstić information content (AvgIpc) is 2.78. The maximum absolute atomic E-state index is 12.7. The number of anilines is 1. The van der Waals surface area contributed by atoms with Crippen molar-refractivity contribution in [2.24, 2.45) is 0 Å². The van der Waals surface area contributed by atoms with Crippen LogP contribution < -0.4 is 5.32 Å². The molecular formula is C22H21F3N4O2S. The Morgan fingerprint density at radius 2 is 1.78 bits per heavy atom. The highest BCUT2D eigenvalue weighted by Gasteiger charge is 2.30. The lowest BCUT2D eigenvalue weighted by Gasteiger charge is -2.25. The molecule has 1 N–H and O–H groups in total. The number of fused-ring (bicyclic) bond motifs is 1. The normalized spacial score (nSPS) is 15.1. The summed E-state index contributed by atoms with van der Waals surface area (Å²) in [6.07, 6.45) is -4.41. The monoisotopic (exact) mass is 462 g/mol. The Kier molecular flexibility index (Phi) is 6.92. The molecule has 0 aliphatic carbocycles. The summed E-state index contributed by atoms with van der Waals surface area (Å²) in [7, 11) is 0. The van der Waals surface area contributed by atoms with Crippen molar-refractivity contribution in [1.29, 1.82) is 0 Å². The molecular weight excluding hydrogens is 441 g/mol. The predicted octanol–water partition coefficient (Wildman–Crippen LogP) is 4.21. The summed E-state index contributed by atoms with van der Waals surface area (Å²) in [5, 5.41) is 4.17. The third-order valence-electron chi connectivity index (χ3n) is 4.92. The molecule has 1 fully saturated rings. The number of morpholine rings is 1. The number of para-hydroxylation sites is 1. The summed E-state index contributed by atoms with van der Waals surface area (Å²) in [4.78, 5) is 23.9. The Morgan fingerprint density at radius 3 is 2.50 bits per heavy atom. The van der Waals surface area contributed by atoms with Crippen LogP contribution in [0.2, 0.25) is 0 Å². The number of thioether (sulfide) groups is 1. The highest BCUT2D eigenvalue weighted by Crippen LogP contribution is 2.30. The quantitative estimate of drug-likeness (QED) is 0.437. The number of alkyl halides is 3. The zero-order valence-corrected chi connectivity index (χ0v) is 17.9. The number of nitrogens with zero attached hydrogens (tertiary/aromatic N) is 3. The third kappa shape index (κ3) is 5.76. The number of carbonyl (C=O) groups is 1. The van der Waals surface area contributed by atoms with Gasteiger partial charge in [-0.1, -0.05) is 30.0 Å². The van der Waals surface area contributed by atoms with E-state index in [-0.39, 0.29) is 11.7 Å². The highest BCUT2D eigenvalue weighted by molar-refractivity contribution is 8.00. The van der Waals surface area contributed by atoms with Crippen LogP contribution in [0.1, 0.15) is 11.4 Å². The van der Waals surface area contributed by atoms with E-state index in [9.17, 15) is 18.0 Å². The summed E-state index contributed by atoms with van der Waals surface area (Å²) in [5.74, 6) is 0.419. The van der Waals surface area contributed by atoms with E-state index in [0.29, 0.717) is 36.3 Å². The second-order valence-electron chi connectivity index (χ2n) is 7.26. The molecule has 0 saturated carbocycles. The smallest absolute Gasteiger partial charge is 0.379 e. The van der Waals surface area contributed by atoms with Gasteiger partial charge in [-0.3, -0.25) is 9.69 Å². The maximum atomic E-state index is 12.7. The minimum absolute atomic E-state index is 0.0685. The van der Waals surface area contributed by atoms with Crippen LogP contribution in [-0.2, 0) is 22.3 Å². The summed E-state index contributed by atoms with van der Waals surface area (Å²) in [5.41, 5.74) is 0.352. The van der Waals surface area contributed by atoms with Gasteiger partial charge >= 0.3 is 6.18 Å². The molecule has 0 spiro atoms. The van der Waals surface area contributed by atoms with E-state index >= 15 is 0 Å². The minimum atomic E-state index is -4.41. The minimum Gasteiger partial charge on any atom is -0.379 e. The number of ether oxygens (including phenoxy) is 1. The molecule has 6 nitrogen and oxygen atoms in total. The van der Waals surface area contributed by atoms with Gasteiger partial charge in [0.05, 0.1) is 36.6 Å². The Balaban J connectivity index is 1.44. The molecule has 2 heterocycles. The second kappa shape index (κ2) is 9.85. The predicted molar refractivity (Wildman–Crippen MR) is 116 cm³/mol. The summed E-state index contributed by atoms with van der Waals surface area (Å²) < 4.78 is 43.4. The van der Waals surface area contributed by atoms with Crippen LogP contribution in [0.15, 0.2) is 53.6 Å². The number of hydrogen-bond acceptors (Lipinski definition) is 6. The highest BCUT2D eigenvalue weighted by atomic mass is 32.2. The number of amides is 1. The first-order chi connectivity index (χ1) is 15.4. The van der Waals surface area contributed by atoms with Crippen molar-refractivity contribution in [3.05, 3.63) is 59.9 Å². The van der Waals surface area contributed by atoms with E-state index in [1.165, 1.54) is 23.9 Å². The fraction of sp³-hybridized carbons (Fsp3) is 0.318. The molecule has 1 amide bonds. The number of aromatic nitrogens is 2. The Bertz CT molecular complexity index is 1090. The SMILES string of the molecule is O=C(CSc1nc(CN2CCOCC2)nc2ccccc12)Nc1ccc(C(F)(F)F)cc1. The van der Waals surface area contributed by atoms with Gasteiger partial charge < -0.3 is 10.1 Å². The van der Waals surface area contributed by atoms with E-state index < -0.39 is 11.7 Å². The Morgan fingerprint density at radius 1 is 1.06 bits per heavy atom. The third-order valence-corrected chi connectivity index (χ3v) is 5.91. The number of nitrogens with one attached hydrogen (secondary N) is 1. The Labute approximate surface area is 187 Å². The van der Waals surface area contributed by atoms with Crippen LogP contribution in [-0.4, -0.2) is 52.8 Å². The lowest BCUT2D eigenvalue weighted by Crippen LogP contribution is -2.36. The second-order valence-corrected chi connectivity index (χ2v) is 8.23. The Hall–Kier alpha value is -2.69. The van der Waals surface area contributed by atoms with Crippen LogP contribution in [0.3, 0.4) is 0 Å². The summed E-state index contributed by atoms with van der Waals surface area (Å²) in [6, 6.07) is 12.0. The zero-order chi connectivity index (χ0) is 22.6. The number of hydrogen-bond donors (Lipinski definition) is 1. The van der Waals surface area contributed by atoms with Crippen molar-refractivity contribution in [3.8, 4) is 0 Å². The van der Waals surface area contributed by atoms with Gasteiger partial charge in [-0.15, -0.1) is 0 Å². The lowest BCUT2D eigenvalue weighted by atomic mass is 10.2. The topological polar surface area (TPSA) is 67.4 Å². The number of rotatable bonds is 6. The first-order valence-electron chi connectivity index (χ1n) is 10.0. The summed E-state index contributed by atoms with van der Waals surface area (Å²) >= 11 is 1.27. The van der Waals surface area contributed by atoms with Gasteiger partial charge in [0.2, 0.25) is 5.91 Å². The van der Waals surface area contributed by atoms with Gasteiger partial charge in [0, 0.05) is 24.2 Å². The van der Waals surface area contributed by atoms with Crippen LogP contribution in [0.25, 0.3) is 10.9 Å². The molecule has 0 unspecified atom stereocenters. The molecule has 0 radical (unpaired) electrons. The van der Waals surface area contributed by atoms with Crippen molar-refractivity contribution >= 4 is 34.3 Å². The molecule has 32 heavy (non-hydrogen) atoms. The first kappa shape index (κ1) is 22.5. The van der Waals surface area contributed by atoms with Gasteiger partial charge in [-0.05, 0) is 30.3 Å². The van der Waals surface area contributed by atoms with Crippen molar-refractivity contribution in [1.82, 2.24) is 14.9 Å². The fourth-order valence-corrected chi connectivity index (χ4v) is 4.15. The number of benzene rings is 2. The van der Waals surface area contributed by atoms with Crippen LogP contribution in [0.4, 0.5) is 18.9 Å². The van der Waals surface area contributed by atoms with E-state index in [1.54, 1.807) is 0 Å². The fourth-order valence-electron chi connectivity index (χ4n) is 3.31.